The van der Waals surface area contributed by atoms with E-state index in [4.69, 9.17) is 5.73 Å². The molecule has 1 saturated heterocycles. The highest BCUT2D eigenvalue weighted by Crippen LogP contribution is 2.47. The van der Waals surface area contributed by atoms with Crippen LogP contribution in [0.15, 0.2) is 22.0 Å². The molecule has 0 bridgehead atoms. The van der Waals surface area contributed by atoms with Crippen LogP contribution in [0.3, 0.4) is 0 Å². The lowest BCUT2D eigenvalue weighted by Crippen LogP contribution is -2.40. The van der Waals surface area contributed by atoms with Gasteiger partial charge in [0.25, 0.3) is 0 Å². The minimum absolute atomic E-state index is 0. The molecule has 0 aliphatic carbocycles. The first-order chi connectivity index (χ1) is 12.4. The van der Waals surface area contributed by atoms with Gasteiger partial charge in [-0.25, -0.2) is 13.6 Å². The number of benzene rings is 1. The van der Waals surface area contributed by atoms with Crippen molar-refractivity contribution in [1.29, 1.82) is 0 Å². The number of fused-ring (bicyclic) bond motifs is 3. The Morgan fingerprint density at radius 1 is 1.33 bits per heavy atom. The summed E-state index contributed by atoms with van der Waals surface area (Å²) >= 11 is 1.01. The Balaban J connectivity index is 0.00000210. The summed E-state index contributed by atoms with van der Waals surface area (Å²) in [5.74, 6) is -1.98. The smallest absolute Gasteiger partial charge is 0.342 e. The first kappa shape index (κ1) is 19.9. The monoisotopic (exact) mass is 417 g/mol. The fourth-order valence-electron chi connectivity index (χ4n) is 3.60. The number of rotatable bonds is 3. The Kier molecular flexibility index (Phi) is 5.38. The zero-order chi connectivity index (χ0) is 18.6. The predicted molar refractivity (Wildman–Crippen MR) is 103 cm³/mol. The molecular weight excluding hydrogens is 400 g/mol. The van der Waals surface area contributed by atoms with E-state index in [1.54, 1.807) is 0 Å². The number of anilines is 1. The second kappa shape index (κ2) is 7.29. The molecule has 2 aliphatic heterocycles. The van der Waals surface area contributed by atoms with Crippen molar-refractivity contribution < 1.29 is 18.7 Å². The van der Waals surface area contributed by atoms with Gasteiger partial charge in [0.1, 0.15) is 23.4 Å². The SMILES string of the molecule is Cl.NC1CCN(c2cc3c(cc2F)c(=O)c(C(=O)O)c2n3C(CF)S2)CC1. The van der Waals surface area contributed by atoms with Gasteiger partial charge in [0, 0.05) is 24.5 Å². The Hall–Kier alpha value is -1.84. The van der Waals surface area contributed by atoms with E-state index < -0.39 is 34.8 Å². The number of nitrogens with zero attached hydrogens (tertiary/aromatic N) is 2. The van der Waals surface area contributed by atoms with Gasteiger partial charge in [0.05, 0.1) is 16.2 Å². The number of piperidine rings is 1. The number of aromatic carboxylic acids is 1. The minimum Gasteiger partial charge on any atom is -0.477 e. The average Bonchev–Trinajstić information content (AvgIpc) is 2.58. The van der Waals surface area contributed by atoms with Gasteiger partial charge in [-0.1, -0.05) is 11.8 Å². The molecule has 0 saturated carbocycles. The molecule has 0 spiro atoms. The third-order valence-corrected chi connectivity index (χ3v) is 6.22. The summed E-state index contributed by atoms with van der Waals surface area (Å²) < 4.78 is 29.5. The Morgan fingerprint density at radius 2 is 2.00 bits per heavy atom. The van der Waals surface area contributed by atoms with Gasteiger partial charge in [0.2, 0.25) is 5.43 Å². The van der Waals surface area contributed by atoms with Crippen LogP contribution >= 0.6 is 24.2 Å². The zero-order valence-corrected chi connectivity index (χ0v) is 15.8. The van der Waals surface area contributed by atoms with Crippen LogP contribution in [0.25, 0.3) is 10.9 Å². The van der Waals surface area contributed by atoms with E-state index in [1.165, 1.54) is 10.6 Å². The summed E-state index contributed by atoms with van der Waals surface area (Å²) in [4.78, 5) is 25.9. The van der Waals surface area contributed by atoms with Gasteiger partial charge in [-0.05, 0) is 25.0 Å². The molecule has 0 amide bonds. The first-order valence-electron chi connectivity index (χ1n) is 8.30. The number of carbonyl (C=O) groups is 1. The normalized spacial score (nSPS) is 19.4. The van der Waals surface area contributed by atoms with Crippen molar-refractivity contribution in [3.63, 3.8) is 0 Å². The number of carboxylic acid groups (broad SMARTS) is 1. The maximum Gasteiger partial charge on any atom is 0.342 e. The van der Waals surface area contributed by atoms with E-state index in [1.807, 2.05) is 4.90 Å². The molecule has 3 heterocycles. The topological polar surface area (TPSA) is 88.6 Å². The zero-order valence-electron chi connectivity index (χ0n) is 14.2. The molecule has 1 aromatic carbocycles. The summed E-state index contributed by atoms with van der Waals surface area (Å²) in [6.45, 7) is 0.477. The highest BCUT2D eigenvalue weighted by molar-refractivity contribution is 8.00. The Bertz CT molecular complexity index is 976. The first-order valence-corrected chi connectivity index (χ1v) is 9.18. The minimum atomic E-state index is -1.39. The maximum atomic E-state index is 14.7. The van der Waals surface area contributed by atoms with Crippen molar-refractivity contribution >= 4 is 46.7 Å². The van der Waals surface area contributed by atoms with Crippen molar-refractivity contribution in [2.24, 2.45) is 5.73 Å². The molecule has 1 fully saturated rings. The Labute approximate surface area is 163 Å². The van der Waals surface area contributed by atoms with Crippen LogP contribution in [0.4, 0.5) is 14.5 Å². The molecule has 6 nitrogen and oxygen atoms in total. The van der Waals surface area contributed by atoms with E-state index in [0.717, 1.165) is 30.7 Å². The van der Waals surface area contributed by atoms with E-state index >= 15 is 0 Å². The van der Waals surface area contributed by atoms with Crippen molar-refractivity contribution in [2.45, 2.75) is 29.3 Å². The molecule has 2 aliphatic rings. The Morgan fingerprint density at radius 3 is 2.59 bits per heavy atom. The lowest BCUT2D eigenvalue weighted by Gasteiger charge is -2.35. The summed E-state index contributed by atoms with van der Waals surface area (Å²) in [5.41, 5.74) is 5.42. The molecule has 4 rings (SSSR count). The summed E-state index contributed by atoms with van der Waals surface area (Å²) in [6, 6.07) is 2.68. The summed E-state index contributed by atoms with van der Waals surface area (Å²) in [7, 11) is 0. The second-order valence-corrected chi connectivity index (χ2v) is 7.72. The maximum absolute atomic E-state index is 14.7. The largest absolute Gasteiger partial charge is 0.477 e. The van der Waals surface area contributed by atoms with Crippen LogP contribution in [-0.2, 0) is 0 Å². The number of pyridine rings is 1. The van der Waals surface area contributed by atoms with E-state index in [2.05, 4.69) is 0 Å². The third kappa shape index (κ3) is 3.07. The van der Waals surface area contributed by atoms with E-state index in [0.29, 0.717) is 24.3 Å². The van der Waals surface area contributed by atoms with Crippen molar-refractivity contribution in [3.05, 3.63) is 33.7 Å². The van der Waals surface area contributed by atoms with Crippen molar-refractivity contribution in [1.82, 2.24) is 4.57 Å². The van der Waals surface area contributed by atoms with Crippen molar-refractivity contribution in [2.75, 3.05) is 24.7 Å². The average molecular weight is 418 g/mol. The van der Waals surface area contributed by atoms with Crippen LogP contribution in [0.2, 0.25) is 0 Å². The van der Waals surface area contributed by atoms with E-state index in [9.17, 15) is 23.5 Å². The number of halogens is 3. The molecular formula is C17H18ClF2N3O3S. The molecule has 10 heteroatoms. The number of nitrogens with two attached hydrogens (primary N) is 1. The van der Waals surface area contributed by atoms with E-state index in [-0.39, 0.29) is 28.9 Å². The van der Waals surface area contributed by atoms with Crippen LogP contribution in [0, 0.1) is 5.82 Å². The number of alkyl halides is 1. The highest BCUT2D eigenvalue weighted by Gasteiger charge is 2.35. The highest BCUT2D eigenvalue weighted by atomic mass is 35.5. The molecule has 0 radical (unpaired) electrons. The van der Waals surface area contributed by atoms with Gasteiger partial charge < -0.3 is 20.3 Å². The molecule has 3 N–H and O–H groups in total. The van der Waals surface area contributed by atoms with Gasteiger partial charge in [-0.2, -0.15) is 0 Å². The van der Waals surface area contributed by atoms with Crippen LogP contribution < -0.4 is 16.1 Å². The molecule has 27 heavy (non-hydrogen) atoms. The lowest BCUT2D eigenvalue weighted by atomic mass is 10.0. The lowest BCUT2D eigenvalue weighted by molar-refractivity contribution is 0.0689. The molecule has 146 valence electrons. The molecule has 1 unspecified atom stereocenters. The van der Waals surface area contributed by atoms with Crippen LogP contribution in [0.1, 0.15) is 28.6 Å². The number of aromatic nitrogens is 1. The molecule has 2 aromatic rings. The molecule has 1 aromatic heterocycles. The van der Waals surface area contributed by atoms with Crippen LogP contribution in [0.5, 0.6) is 0 Å². The fourth-order valence-corrected chi connectivity index (χ4v) is 4.72. The summed E-state index contributed by atoms with van der Waals surface area (Å²) in [5, 5.41) is 8.91. The second-order valence-electron chi connectivity index (χ2n) is 6.56. The van der Waals surface area contributed by atoms with Gasteiger partial charge in [-0.15, -0.1) is 12.4 Å². The van der Waals surface area contributed by atoms with Crippen LogP contribution in [-0.4, -0.2) is 41.4 Å². The van der Waals surface area contributed by atoms with Gasteiger partial charge >= 0.3 is 5.97 Å². The van der Waals surface area contributed by atoms with Gasteiger partial charge in [0.15, 0.2) is 0 Å². The van der Waals surface area contributed by atoms with Gasteiger partial charge in [-0.3, -0.25) is 4.79 Å². The number of thioether (sulfide) groups is 1. The number of carboxylic acids is 1. The predicted octanol–water partition coefficient (Wildman–Crippen LogP) is 2.76. The number of hydrogen-bond donors (Lipinski definition) is 2. The molecule has 1 atom stereocenters. The fraction of sp³-hybridized carbons (Fsp3) is 0.412. The van der Waals surface area contributed by atoms with Crippen molar-refractivity contribution in [3.8, 4) is 0 Å². The quantitative estimate of drug-likeness (QED) is 0.798. The number of hydrogen-bond acceptors (Lipinski definition) is 5. The summed E-state index contributed by atoms with van der Waals surface area (Å²) in [6.07, 6.45) is 1.47. The standard InChI is InChI=1S/C17H17F2N3O3S.ClH/c18-7-13-22-11-6-12(21-3-1-8(20)2-4-21)10(19)5-9(11)15(23)14(17(24)25)16(22)26-13;/h5-6,8,13H,1-4,7,20H2,(H,24,25);1H. The third-order valence-electron chi connectivity index (χ3n) is 4.99.